The predicted octanol–water partition coefficient (Wildman–Crippen LogP) is 1.39. The van der Waals surface area contributed by atoms with E-state index < -0.39 is 37.5 Å². The Morgan fingerprint density at radius 1 is 1.09 bits per heavy atom. The molecule has 2 aromatic rings. The van der Waals surface area contributed by atoms with Crippen LogP contribution in [0.3, 0.4) is 0 Å². The minimum atomic E-state index is -2.65. The lowest BCUT2D eigenvalue weighted by Gasteiger charge is -2.29. The molecular formula is C25H25N3O6. The van der Waals surface area contributed by atoms with Crippen molar-refractivity contribution in [1.29, 1.82) is 0 Å². The molecule has 2 saturated heterocycles. The fraction of sp³-hybridized carbons (Fsp3) is 0.360. The van der Waals surface area contributed by atoms with E-state index in [1.807, 2.05) is 0 Å². The smallest absolute Gasteiger partial charge is 0.255 e. The number of carbonyl (C=O) groups excluding carboxylic acids is 4. The Labute approximate surface area is 202 Å². The summed E-state index contributed by atoms with van der Waals surface area (Å²) in [7, 11) is 0. The molecule has 0 bridgehead atoms. The zero-order chi connectivity index (χ0) is 27.2. The number of nitrogens with zero attached hydrogens (tertiary/aromatic N) is 2. The summed E-state index contributed by atoms with van der Waals surface area (Å²) in [6.45, 7) is -5.18. The van der Waals surface area contributed by atoms with Gasteiger partial charge in [0.15, 0.2) is 0 Å². The van der Waals surface area contributed by atoms with Crippen molar-refractivity contribution in [1.82, 2.24) is 15.1 Å². The molecule has 2 fully saturated rings. The predicted molar refractivity (Wildman–Crippen MR) is 119 cm³/mol. The van der Waals surface area contributed by atoms with Gasteiger partial charge in [-0.1, -0.05) is 30.3 Å². The summed E-state index contributed by atoms with van der Waals surface area (Å²) in [5, 5.41) is 2.29. The summed E-state index contributed by atoms with van der Waals surface area (Å²) >= 11 is 0. The van der Waals surface area contributed by atoms with Gasteiger partial charge >= 0.3 is 0 Å². The Morgan fingerprint density at radius 3 is 2.68 bits per heavy atom. The molecule has 3 unspecified atom stereocenters. The number of rotatable bonds is 6. The Kier molecular flexibility index (Phi) is 4.83. The van der Waals surface area contributed by atoms with Gasteiger partial charge in [-0.15, -0.1) is 0 Å². The summed E-state index contributed by atoms with van der Waals surface area (Å²) in [6, 6.07) is 11.4. The topological polar surface area (TPSA) is 105 Å². The first kappa shape index (κ1) is 17.7. The molecule has 0 aromatic heterocycles. The molecule has 9 nitrogen and oxygen atoms in total. The number of nitrogens with one attached hydrogen (secondary N) is 1. The lowest BCUT2D eigenvalue weighted by Crippen LogP contribution is -2.52. The molecule has 0 spiro atoms. The average Bonchev–Trinajstić information content (AvgIpc) is 3.21. The highest BCUT2D eigenvalue weighted by molar-refractivity contribution is 6.05. The molecule has 3 atom stereocenters. The van der Waals surface area contributed by atoms with Crippen LogP contribution >= 0.6 is 0 Å². The molecule has 9 heteroatoms. The molecule has 0 saturated carbocycles. The fourth-order valence-corrected chi connectivity index (χ4v) is 4.23. The second kappa shape index (κ2) is 9.26. The van der Waals surface area contributed by atoms with E-state index in [-0.39, 0.29) is 44.4 Å². The van der Waals surface area contributed by atoms with Crippen molar-refractivity contribution in [3.63, 3.8) is 0 Å². The number of benzene rings is 2. The summed E-state index contributed by atoms with van der Waals surface area (Å²) in [5.41, 5.74) is 2.57. The van der Waals surface area contributed by atoms with Gasteiger partial charge in [-0.25, -0.2) is 0 Å². The lowest BCUT2D eigenvalue weighted by atomic mass is 10.0. The minimum Gasteiger partial charge on any atom is -0.489 e. The van der Waals surface area contributed by atoms with Gasteiger partial charge in [0.1, 0.15) is 25.0 Å². The van der Waals surface area contributed by atoms with E-state index in [9.17, 15) is 19.2 Å². The van der Waals surface area contributed by atoms with Gasteiger partial charge in [0.25, 0.3) is 5.91 Å². The van der Waals surface area contributed by atoms with Crippen molar-refractivity contribution in [3.8, 4) is 5.75 Å². The highest BCUT2D eigenvalue weighted by atomic mass is 16.5. The zero-order valence-corrected chi connectivity index (χ0v) is 18.2. The number of fused-ring (bicyclic) bond motifs is 1. The van der Waals surface area contributed by atoms with Crippen LogP contribution in [0, 0.1) is 0 Å². The zero-order valence-electron chi connectivity index (χ0n) is 22.2. The first-order chi connectivity index (χ1) is 18.0. The van der Waals surface area contributed by atoms with Gasteiger partial charge in [-0.3, -0.25) is 24.5 Å². The normalized spacial score (nSPS) is 27.9. The molecule has 0 radical (unpaired) electrons. The number of imide groups is 1. The number of ether oxygens (including phenoxy) is 2. The second-order valence-corrected chi connectivity index (χ2v) is 8.23. The first-order valence-corrected chi connectivity index (χ1v) is 10.9. The third kappa shape index (κ3) is 4.38. The van der Waals surface area contributed by atoms with Crippen LogP contribution in [0.2, 0.25) is 0 Å². The standard InChI is InChI=1S/C25H25N3O6/c29-22-9-8-20(24(31)26-22)28-13-19-18(25(28)32)2-1-3-21(19)34-14-17-6-4-16(5-7-17)12-27-10-11-33-15-23(27)30/h1-7,20H,8-15H2,(H,26,29,31)/i10D,11D,15D2. The molecule has 34 heavy (non-hydrogen) atoms. The van der Waals surface area contributed by atoms with Crippen LogP contribution in [0.15, 0.2) is 42.5 Å². The van der Waals surface area contributed by atoms with Crippen LogP contribution in [-0.4, -0.2) is 59.1 Å². The summed E-state index contributed by atoms with van der Waals surface area (Å²) < 4.78 is 41.7. The van der Waals surface area contributed by atoms with Crippen molar-refractivity contribution in [2.75, 3.05) is 19.7 Å². The highest BCUT2D eigenvalue weighted by Crippen LogP contribution is 2.34. The number of morpholine rings is 1. The Hall–Kier alpha value is -3.72. The van der Waals surface area contributed by atoms with E-state index in [0.717, 1.165) is 10.5 Å². The van der Waals surface area contributed by atoms with Crippen molar-refractivity contribution in [2.45, 2.75) is 38.6 Å². The molecule has 4 amide bonds. The lowest BCUT2D eigenvalue weighted by molar-refractivity contribution is -0.143. The van der Waals surface area contributed by atoms with Gasteiger partial charge in [0, 0.05) is 30.6 Å². The quantitative estimate of drug-likeness (QED) is 0.644. The average molecular weight is 468 g/mol. The molecule has 0 aliphatic carbocycles. The fourth-order valence-electron chi connectivity index (χ4n) is 4.23. The van der Waals surface area contributed by atoms with E-state index in [4.69, 9.17) is 15.0 Å². The SMILES string of the molecule is [2H]C1OC([2H])([2H])C(=O)N(Cc2ccc(COc3cccc4c3CN(C3CCC(=O)NC3=O)C4=O)cc2)C1[2H]. The number of piperidine rings is 1. The van der Waals surface area contributed by atoms with Crippen molar-refractivity contribution in [3.05, 3.63) is 64.7 Å². The summed E-state index contributed by atoms with van der Waals surface area (Å²) in [6.07, 6.45) is 0.450. The van der Waals surface area contributed by atoms with Gasteiger partial charge in [0.2, 0.25) is 17.7 Å². The second-order valence-electron chi connectivity index (χ2n) is 8.23. The third-order valence-electron chi connectivity index (χ3n) is 6.03. The van der Waals surface area contributed by atoms with Gasteiger partial charge in [0.05, 0.1) is 18.6 Å². The van der Waals surface area contributed by atoms with Crippen molar-refractivity contribution >= 4 is 23.6 Å². The number of carbonyl (C=O) groups is 4. The Morgan fingerprint density at radius 2 is 1.88 bits per heavy atom. The third-order valence-corrected chi connectivity index (χ3v) is 6.03. The maximum Gasteiger partial charge on any atom is 0.255 e. The van der Waals surface area contributed by atoms with Crippen LogP contribution in [0.25, 0.3) is 0 Å². The van der Waals surface area contributed by atoms with E-state index in [1.54, 1.807) is 42.5 Å². The van der Waals surface area contributed by atoms with Crippen LogP contribution in [-0.2, 0) is 38.8 Å². The van der Waals surface area contributed by atoms with Crippen LogP contribution in [0.1, 0.15) is 45.4 Å². The molecule has 3 heterocycles. The van der Waals surface area contributed by atoms with Crippen molar-refractivity contribution in [2.24, 2.45) is 0 Å². The van der Waals surface area contributed by atoms with Crippen molar-refractivity contribution < 1.29 is 34.1 Å². The number of hydrogen-bond donors (Lipinski definition) is 1. The molecule has 176 valence electrons. The van der Waals surface area contributed by atoms with Gasteiger partial charge < -0.3 is 19.3 Å². The molecule has 3 aliphatic heterocycles. The molecular weight excluding hydrogens is 438 g/mol. The van der Waals surface area contributed by atoms with E-state index >= 15 is 0 Å². The monoisotopic (exact) mass is 467 g/mol. The largest absolute Gasteiger partial charge is 0.489 e. The van der Waals surface area contributed by atoms with E-state index in [1.165, 1.54) is 4.90 Å². The highest BCUT2D eigenvalue weighted by Gasteiger charge is 2.40. The summed E-state index contributed by atoms with van der Waals surface area (Å²) in [5.74, 6) is -1.59. The minimum absolute atomic E-state index is 0.0448. The number of hydrogen-bond acceptors (Lipinski definition) is 6. The molecule has 1 N–H and O–H groups in total. The maximum absolute atomic E-state index is 13.0. The number of amides is 4. The molecule has 2 aromatic carbocycles. The first-order valence-electron chi connectivity index (χ1n) is 13.0. The van der Waals surface area contributed by atoms with Crippen LogP contribution in [0.5, 0.6) is 5.75 Å². The summed E-state index contributed by atoms with van der Waals surface area (Å²) in [4.78, 5) is 51.5. The molecule has 5 rings (SSSR count). The Bertz CT molecular complexity index is 1300. The van der Waals surface area contributed by atoms with Crippen LogP contribution < -0.4 is 10.1 Å². The molecule has 3 aliphatic rings. The van der Waals surface area contributed by atoms with E-state index in [0.29, 0.717) is 22.4 Å². The Balaban J connectivity index is 1.24. The van der Waals surface area contributed by atoms with Gasteiger partial charge in [-0.05, 0) is 29.7 Å². The van der Waals surface area contributed by atoms with Crippen LogP contribution in [0.4, 0.5) is 0 Å². The maximum atomic E-state index is 13.0. The van der Waals surface area contributed by atoms with E-state index in [2.05, 4.69) is 5.32 Å². The van der Waals surface area contributed by atoms with Gasteiger partial charge in [-0.2, -0.15) is 0 Å².